The topological polar surface area (TPSA) is 41.1 Å². The highest BCUT2D eigenvalue weighted by Crippen LogP contribution is 2.38. The van der Waals surface area contributed by atoms with Gasteiger partial charge in [0.2, 0.25) is 5.91 Å². The maximum absolute atomic E-state index is 13.0. The Bertz CT molecular complexity index is 346. The van der Waals surface area contributed by atoms with E-state index in [1.54, 1.807) is 0 Å². The molecule has 2 rings (SSSR count). The predicted molar refractivity (Wildman–Crippen MR) is 70.1 cm³/mol. The average Bonchev–Trinajstić information content (AvgIpc) is 2.38. The van der Waals surface area contributed by atoms with Gasteiger partial charge in [-0.15, -0.1) is 0 Å². The number of nitrogens with one attached hydrogen (secondary N) is 2. The van der Waals surface area contributed by atoms with Crippen molar-refractivity contribution in [3.05, 3.63) is 0 Å². The number of carbonyl (C=O) groups is 1. The van der Waals surface area contributed by atoms with Crippen LogP contribution < -0.4 is 10.6 Å². The van der Waals surface area contributed by atoms with Crippen molar-refractivity contribution in [1.29, 1.82) is 0 Å². The molecule has 0 radical (unpaired) electrons. The molecule has 1 aliphatic carbocycles. The Hall–Kier alpha value is -0.780. The number of hydrogen-bond donors (Lipinski definition) is 2. The van der Waals surface area contributed by atoms with E-state index in [1.807, 2.05) is 6.92 Å². The minimum atomic E-state index is -4.21. The number of amides is 1. The van der Waals surface area contributed by atoms with Crippen molar-refractivity contribution >= 4 is 5.91 Å². The third-order valence-electron chi connectivity index (χ3n) is 4.51. The second-order valence-corrected chi connectivity index (χ2v) is 6.12. The molecule has 4 atom stereocenters. The maximum atomic E-state index is 13.0. The molecule has 2 N–H and O–H groups in total. The monoisotopic (exact) mass is 292 g/mol. The van der Waals surface area contributed by atoms with Gasteiger partial charge >= 0.3 is 6.18 Å². The predicted octanol–water partition coefficient (Wildman–Crippen LogP) is 2.61. The first-order valence-electron chi connectivity index (χ1n) is 7.48. The smallest absolute Gasteiger partial charge is 0.353 e. The molecule has 2 fully saturated rings. The van der Waals surface area contributed by atoms with Crippen LogP contribution in [0.1, 0.15) is 45.4 Å². The van der Waals surface area contributed by atoms with E-state index in [0.29, 0.717) is 25.7 Å². The molecule has 0 aromatic carbocycles. The normalized spacial score (nSPS) is 35.6. The van der Waals surface area contributed by atoms with Crippen LogP contribution in [0.5, 0.6) is 0 Å². The van der Waals surface area contributed by atoms with Crippen molar-refractivity contribution in [1.82, 2.24) is 10.6 Å². The zero-order chi connectivity index (χ0) is 14.8. The molecule has 0 spiro atoms. The number of carbonyl (C=O) groups excluding carboxylic acids is 1. The van der Waals surface area contributed by atoms with Gasteiger partial charge in [-0.3, -0.25) is 4.79 Å². The van der Waals surface area contributed by atoms with Gasteiger partial charge in [-0.05, 0) is 39.2 Å². The van der Waals surface area contributed by atoms with Crippen LogP contribution in [0.4, 0.5) is 13.2 Å². The quantitative estimate of drug-likeness (QED) is 0.821. The fourth-order valence-corrected chi connectivity index (χ4v) is 3.37. The van der Waals surface area contributed by atoms with Gasteiger partial charge in [-0.25, -0.2) is 0 Å². The lowest BCUT2D eigenvalue weighted by atomic mass is 9.83. The average molecular weight is 292 g/mol. The lowest BCUT2D eigenvalue weighted by Gasteiger charge is -2.35. The molecule has 116 valence electrons. The van der Waals surface area contributed by atoms with Crippen molar-refractivity contribution < 1.29 is 18.0 Å². The summed E-state index contributed by atoms with van der Waals surface area (Å²) in [4.78, 5) is 12.2. The Morgan fingerprint density at radius 2 is 1.90 bits per heavy atom. The van der Waals surface area contributed by atoms with Crippen molar-refractivity contribution in [2.45, 2.75) is 63.7 Å². The summed E-state index contributed by atoms with van der Waals surface area (Å²) < 4.78 is 39.0. The Labute approximate surface area is 117 Å². The molecule has 0 aromatic heterocycles. The molecule has 3 nitrogen and oxygen atoms in total. The zero-order valence-corrected chi connectivity index (χ0v) is 11.8. The van der Waals surface area contributed by atoms with Gasteiger partial charge in [0, 0.05) is 18.0 Å². The van der Waals surface area contributed by atoms with Gasteiger partial charge in [0.1, 0.15) is 0 Å². The summed E-state index contributed by atoms with van der Waals surface area (Å²) in [6.07, 6.45) is -0.858. The first kappa shape index (κ1) is 15.6. The van der Waals surface area contributed by atoms with Crippen LogP contribution in [0.3, 0.4) is 0 Å². The van der Waals surface area contributed by atoms with E-state index in [4.69, 9.17) is 0 Å². The van der Waals surface area contributed by atoms with Gasteiger partial charge in [-0.2, -0.15) is 13.2 Å². The summed E-state index contributed by atoms with van der Waals surface area (Å²) >= 11 is 0. The first-order valence-corrected chi connectivity index (χ1v) is 7.48. The molecule has 1 amide bonds. The van der Waals surface area contributed by atoms with Crippen molar-refractivity contribution in [3.8, 4) is 0 Å². The summed E-state index contributed by atoms with van der Waals surface area (Å²) in [5, 5.41) is 5.92. The number of hydrogen-bond acceptors (Lipinski definition) is 2. The highest BCUT2D eigenvalue weighted by atomic mass is 19.4. The molecule has 0 aromatic rings. The number of piperidine rings is 1. The standard InChI is InChI=1S/C14H23F3N2O/c1-9-8-10(6-7-18-9)13(20)19-12-5-3-2-4-11(12)14(15,16)17/h9-12,18H,2-8H2,1H3,(H,19,20). The maximum Gasteiger partial charge on any atom is 0.393 e. The Morgan fingerprint density at radius 1 is 1.20 bits per heavy atom. The fraction of sp³-hybridized carbons (Fsp3) is 0.929. The van der Waals surface area contributed by atoms with E-state index in [0.717, 1.165) is 13.0 Å². The van der Waals surface area contributed by atoms with Crippen molar-refractivity contribution in [2.75, 3.05) is 6.54 Å². The van der Waals surface area contributed by atoms with E-state index in [9.17, 15) is 18.0 Å². The highest BCUT2D eigenvalue weighted by Gasteiger charge is 2.46. The summed E-state index contributed by atoms with van der Waals surface area (Å²) in [7, 11) is 0. The third kappa shape index (κ3) is 3.87. The van der Waals surface area contributed by atoms with Crippen LogP contribution in [0, 0.1) is 11.8 Å². The molecule has 6 heteroatoms. The van der Waals surface area contributed by atoms with E-state index >= 15 is 0 Å². The molecular weight excluding hydrogens is 269 g/mol. The molecule has 1 aliphatic heterocycles. The molecule has 0 bridgehead atoms. The molecule has 20 heavy (non-hydrogen) atoms. The third-order valence-corrected chi connectivity index (χ3v) is 4.51. The molecule has 2 aliphatic rings. The SMILES string of the molecule is CC1CC(C(=O)NC2CCCCC2C(F)(F)F)CCN1. The van der Waals surface area contributed by atoms with E-state index < -0.39 is 18.1 Å². The Kier molecular flexibility index (Phi) is 4.94. The minimum absolute atomic E-state index is 0.136. The second-order valence-electron chi connectivity index (χ2n) is 6.12. The van der Waals surface area contributed by atoms with Crippen molar-refractivity contribution in [3.63, 3.8) is 0 Å². The molecule has 1 heterocycles. The van der Waals surface area contributed by atoms with Crippen LogP contribution in [-0.4, -0.2) is 30.7 Å². The van der Waals surface area contributed by atoms with E-state index in [2.05, 4.69) is 10.6 Å². The van der Waals surface area contributed by atoms with Crippen LogP contribution in [-0.2, 0) is 4.79 Å². The number of halogens is 3. The first-order chi connectivity index (χ1) is 9.38. The summed E-state index contributed by atoms with van der Waals surface area (Å²) in [6, 6.07) is -0.481. The van der Waals surface area contributed by atoms with Gasteiger partial charge in [0.25, 0.3) is 0 Å². The summed E-state index contributed by atoms with van der Waals surface area (Å²) in [5.41, 5.74) is 0. The van der Waals surface area contributed by atoms with Gasteiger partial charge in [0.15, 0.2) is 0 Å². The lowest BCUT2D eigenvalue weighted by Crippen LogP contribution is -2.51. The van der Waals surface area contributed by atoms with Crippen LogP contribution in [0.25, 0.3) is 0 Å². The van der Waals surface area contributed by atoms with Gasteiger partial charge in [-0.1, -0.05) is 12.8 Å². The van der Waals surface area contributed by atoms with E-state index in [-0.39, 0.29) is 24.3 Å². The zero-order valence-electron chi connectivity index (χ0n) is 11.8. The number of rotatable bonds is 2. The lowest BCUT2D eigenvalue weighted by molar-refractivity contribution is -0.189. The molecule has 1 saturated heterocycles. The summed E-state index contributed by atoms with van der Waals surface area (Å²) in [6.45, 7) is 2.76. The number of alkyl halides is 3. The largest absolute Gasteiger partial charge is 0.393 e. The van der Waals surface area contributed by atoms with Crippen LogP contribution in [0.2, 0.25) is 0 Å². The molecular formula is C14H23F3N2O. The Balaban J connectivity index is 1.94. The second kappa shape index (κ2) is 6.33. The fourth-order valence-electron chi connectivity index (χ4n) is 3.37. The Morgan fingerprint density at radius 3 is 2.55 bits per heavy atom. The molecule has 1 saturated carbocycles. The summed E-state index contributed by atoms with van der Waals surface area (Å²) in [5.74, 6) is -1.72. The van der Waals surface area contributed by atoms with Gasteiger partial charge < -0.3 is 10.6 Å². The van der Waals surface area contributed by atoms with E-state index in [1.165, 1.54) is 0 Å². The van der Waals surface area contributed by atoms with Crippen LogP contribution >= 0.6 is 0 Å². The van der Waals surface area contributed by atoms with Crippen LogP contribution in [0.15, 0.2) is 0 Å². The van der Waals surface area contributed by atoms with Crippen molar-refractivity contribution in [2.24, 2.45) is 11.8 Å². The highest BCUT2D eigenvalue weighted by molar-refractivity contribution is 5.79. The molecule has 4 unspecified atom stereocenters. The minimum Gasteiger partial charge on any atom is -0.353 e. The van der Waals surface area contributed by atoms with Gasteiger partial charge in [0.05, 0.1) is 5.92 Å².